The third-order valence-corrected chi connectivity index (χ3v) is 3.64. The number of aryl methyl sites for hydroxylation is 1. The van der Waals surface area contributed by atoms with Crippen LogP contribution in [0, 0.1) is 11.3 Å². The summed E-state index contributed by atoms with van der Waals surface area (Å²) in [5.41, 5.74) is -2.32. The van der Waals surface area contributed by atoms with Gasteiger partial charge in [0, 0.05) is 12.7 Å². The molecule has 11 heteroatoms. The van der Waals surface area contributed by atoms with E-state index in [0.29, 0.717) is 9.47 Å². The molecule has 27 heavy (non-hydrogen) atoms. The average Bonchev–Trinajstić information content (AvgIpc) is 3.10. The minimum absolute atomic E-state index is 0.108. The first-order chi connectivity index (χ1) is 12.7. The van der Waals surface area contributed by atoms with E-state index in [1.165, 1.54) is 18.4 Å². The van der Waals surface area contributed by atoms with Crippen molar-refractivity contribution in [3.05, 3.63) is 56.8 Å². The average molecular weight is 384 g/mol. The number of hydrogen-bond donors (Lipinski definition) is 0. The second kappa shape index (κ2) is 7.94. The van der Waals surface area contributed by atoms with Crippen molar-refractivity contribution in [3.63, 3.8) is 0 Å². The maximum absolute atomic E-state index is 12.8. The van der Waals surface area contributed by atoms with Crippen LogP contribution in [-0.4, -0.2) is 32.7 Å². The van der Waals surface area contributed by atoms with Crippen molar-refractivity contribution in [1.82, 2.24) is 14.0 Å². The molecule has 2 aromatic heterocycles. The van der Waals surface area contributed by atoms with Gasteiger partial charge in [0.15, 0.2) is 0 Å². The number of halogens is 3. The Hall–Kier alpha value is -3.29. The van der Waals surface area contributed by atoms with Gasteiger partial charge >= 0.3 is 11.9 Å². The van der Waals surface area contributed by atoms with Gasteiger partial charge in [-0.15, -0.1) is 0 Å². The molecule has 2 heterocycles. The fraction of sp³-hybridized carbons (Fsp3) is 0.375. The molecule has 0 atom stereocenters. The number of amides is 1. The van der Waals surface area contributed by atoms with Crippen LogP contribution in [0.3, 0.4) is 0 Å². The Morgan fingerprint density at radius 3 is 2.59 bits per heavy atom. The summed E-state index contributed by atoms with van der Waals surface area (Å²) in [6.45, 7) is -1.31. The zero-order chi connectivity index (χ0) is 20.2. The lowest BCUT2D eigenvalue weighted by molar-refractivity contribution is -0.163. The lowest BCUT2D eigenvalue weighted by atomic mass is 10.3. The number of carbonyl (C=O) groups is 1. The van der Waals surface area contributed by atoms with Gasteiger partial charge in [-0.25, -0.2) is 9.36 Å². The minimum atomic E-state index is -4.69. The molecule has 1 amide bonds. The van der Waals surface area contributed by atoms with Crippen LogP contribution >= 0.6 is 0 Å². The molecule has 0 aromatic carbocycles. The summed E-state index contributed by atoms with van der Waals surface area (Å²) in [5, 5.41) is 8.99. The van der Waals surface area contributed by atoms with E-state index in [2.05, 4.69) is 0 Å². The van der Waals surface area contributed by atoms with E-state index in [1.807, 2.05) is 0 Å². The van der Waals surface area contributed by atoms with Crippen molar-refractivity contribution in [2.45, 2.75) is 32.7 Å². The Kier molecular flexibility index (Phi) is 5.89. The van der Waals surface area contributed by atoms with E-state index < -0.39 is 48.5 Å². The number of alkyl halides is 3. The van der Waals surface area contributed by atoms with E-state index in [0.717, 1.165) is 10.8 Å². The third-order valence-electron chi connectivity index (χ3n) is 3.64. The summed E-state index contributed by atoms with van der Waals surface area (Å²) in [6, 6.07) is 4.44. The van der Waals surface area contributed by atoms with Crippen molar-refractivity contribution in [1.29, 1.82) is 5.26 Å². The molecular formula is C16H15F3N4O4. The predicted molar refractivity (Wildman–Crippen MR) is 85.5 cm³/mol. The van der Waals surface area contributed by atoms with E-state index in [1.54, 1.807) is 13.0 Å². The third kappa shape index (κ3) is 4.87. The van der Waals surface area contributed by atoms with Crippen molar-refractivity contribution < 1.29 is 22.4 Å². The Morgan fingerprint density at radius 1 is 1.37 bits per heavy atom. The van der Waals surface area contributed by atoms with Gasteiger partial charge in [0.25, 0.3) is 5.56 Å². The summed E-state index contributed by atoms with van der Waals surface area (Å²) >= 11 is 0. The van der Waals surface area contributed by atoms with E-state index in [9.17, 15) is 27.6 Å². The van der Waals surface area contributed by atoms with Crippen molar-refractivity contribution in [2.24, 2.45) is 0 Å². The van der Waals surface area contributed by atoms with E-state index in [-0.39, 0.29) is 12.3 Å². The Bertz CT molecular complexity index is 968. The first kappa shape index (κ1) is 20.0. The summed E-state index contributed by atoms with van der Waals surface area (Å²) in [7, 11) is 0. The lowest BCUT2D eigenvalue weighted by Gasteiger charge is -2.23. The molecule has 8 nitrogen and oxygen atoms in total. The molecule has 0 aliphatic carbocycles. The van der Waals surface area contributed by atoms with Crippen LogP contribution in [-0.2, 0) is 24.4 Å². The highest BCUT2D eigenvalue weighted by Gasteiger charge is 2.33. The number of carbonyl (C=O) groups excluding carboxylic acids is 1. The largest absolute Gasteiger partial charge is 0.467 e. The minimum Gasteiger partial charge on any atom is -0.467 e. The molecule has 2 aromatic rings. The molecule has 0 saturated heterocycles. The molecule has 2 rings (SSSR count). The maximum atomic E-state index is 12.8. The zero-order valence-electron chi connectivity index (χ0n) is 14.2. The Balaban J connectivity index is 2.38. The summed E-state index contributed by atoms with van der Waals surface area (Å²) < 4.78 is 44.9. The monoisotopic (exact) mass is 384 g/mol. The van der Waals surface area contributed by atoms with Crippen LogP contribution in [0.5, 0.6) is 0 Å². The molecule has 0 bridgehead atoms. The van der Waals surface area contributed by atoms with Gasteiger partial charge in [-0.2, -0.15) is 18.4 Å². The first-order valence-corrected chi connectivity index (χ1v) is 7.77. The van der Waals surface area contributed by atoms with Gasteiger partial charge < -0.3 is 9.32 Å². The van der Waals surface area contributed by atoms with Crippen LogP contribution in [0.1, 0.15) is 18.2 Å². The van der Waals surface area contributed by atoms with Gasteiger partial charge in [0.2, 0.25) is 5.91 Å². The van der Waals surface area contributed by atoms with Gasteiger partial charge in [-0.05, 0) is 19.1 Å². The van der Waals surface area contributed by atoms with Crippen LogP contribution < -0.4 is 11.2 Å². The van der Waals surface area contributed by atoms with Crippen LogP contribution in [0.4, 0.5) is 13.2 Å². The zero-order valence-corrected chi connectivity index (χ0v) is 14.2. The predicted octanol–water partition coefficient (Wildman–Crippen LogP) is 1.09. The molecule has 0 spiro atoms. The van der Waals surface area contributed by atoms with Crippen molar-refractivity contribution >= 4 is 5.91 Å². The number of rotatable bonds is 6. The van der Waals surface area contributed by atoms with Gasteiger partial charge in [0.05, 0.1) is 12.8 Å². The number of nitrogens with zero attached hydrogens (tertiary/aromatic N) is 4. The summed E-state index contributed by atoms with van der Waals surface area (Å²) in [6.07, 6.45) is -2.40. The maximum Gasteiger partial charge on any atom is 0.406 e. The highest BCUT2D eigenvalue weighted by molar-refractivity contribution is 5.76. The van der Waals surface area contributed by atoms with Crippen LogP contribution in [0.2, 0.25) is 0 Å². The SMILES string of the molecule is CCn1cc(C#N)c(=O)n(CC(=O)N(Cc2ccco2)CC(F)(F)F)c1=O. The van der Waals surface area contributed by atoms with E-state index >= 15 is 0 Å². The second-order valence-electron chi connectivity index (χ2n) is 5.56. The molecule has 0 fully saturated rings. The fourth-order valence-electron chi connectivity index (χ4n) is 2.37. The molecule has 0 saturated carbocycles. The standard InChI is InChI=1S/C16H15F3N4O4/c1-2-21-7-11(6-20)14(25)23(15(21)26)9-13(24)22(10-16(17,18)19)8-12-4-3-5-27-12/h3-5,7H,2,8-10H2,1H3. The fourth-order valence-corrected chi connectivity index (χ4v) is 2.37. The number of hydrogen-bond acceptors (Lipinski definition) is 5. The second-order valence-corrected chi connectivity index (χ2v) is 5.56. The molecule has 144 valence electrons. The number of aromatic nitrogens is 2. The first-order valence-electron chi connectivity index (χ1n) is 7.77. The van der Waals surface area contributed by atoms with Crippen molar-refractivity contribution in [2.75, 3.05) is 6.54 Å². The summed E-state index contributed by atoms with van der Waals surface area (Å²) in [5.74, 6) is -1.00. The number of nitriles is 1. The van der Waals surface area contributed by atoms with Gasteiger partial charge in [-0.3, -0.25) is 14.2 Å². The Morgan fingerprint density at radius 2 is 2.07 bits per heavy atom. The highest BCUT2D eigenvalue weighted by atomic mass is 19.4. The number of furan rings is 1. The lowest BCUT2D eigenvalue weighted by Crippen LogP contribution is -2.46. The molecule has 0 unspecified atom stereocenters. The molecule has 0 N–H and O–H groups in total. The molecule has 0 radical (unpaired) electrons. The van der Waals surface area contributed by atoms with E-state index in [4.69, 9.17) is 9.68 Å². The topological polar surface area (TPSA) is 101 Å². The smallest absolute Gasteiger partial charge is 0.406 e. The van der Waals surface area contributed by atoms with Crippen LogP contribution in [0.25, 0.3) is 0 Å². The molecule has 0 aliphatic rings. The molecule has 0 aliphatic heterocycles. The van der Waals surface area contributed by atoms with Gasteiger partial charge in [0.1, 0.15) is 30.5 Å². The molecular weight excluding hydrogens is 369 g/mol. The van der Waals surface area contributed by atoms with Gasteiger partial charge in [-0.1, -0.05) is 0 Å². The normalized spacial score (nSPS) is 11.2. The highest BCUT2D eigenvalue weighted by Crippen LogP contribution is 2.18. The van der Waals surface area contributed by atoms with Crippen molar-refractivity contribution in [3.8, 4) is 6.07 Å². The Labute approximate surface area is 150 Å². The van der Waals surface area contributed by atoms with Crippen LogP contribution in [0.15, 0.2) is 38.6 Å². The quantitative estimate of drug-likeness (QED) is 0.742. The summed E-state index contributed by atoms with van der Waals surface area (Å²) in [4.78, 5) is 37.3.